The highest BCUT2D eigenvalue weighted by Gasteiger charge is 2.08. The van der Waals surface area contributed by atoms with Crippen molar-refractivity contribution >= 4 is 0 Å². The summed E-state index contributed by atoms with van der Waals surface area (Å²) in [5, 5.41) is 5.09. The van der Waals surface area contributed by atoms with Crippen molar-refractivity contribution in [3.63, 3.8) is 0 Å². The third kappa shape index (κ3) is 1.43. The Hall–Kier alpha value is -0.120. The van der Waals surface area contributed by atoms with Crippen molar-refractivity contribution in [1.29, 1.82) is 0 Å². The molecule has 0 atom stereocenters. The second-order valence-corrected chi connectivity index (χ2v) is 1.78. The van der Waals surface area contributed by atoms with E-state index < -0.39 is 0 Å². The smallest absolute Gasteiger partial charge is 0.0732 e. The van der Waals surface area contributed by atoms with Crippen LogP contribution >= 0.6 is 0 Å². The predicted molar refractivity (Wildman–Crippen MR) is 31.2 cm³/mol. The fourth-order valence-electron chi connectivity index (χ4n) is 0.779. The molecular weight excluding hydrogens is 104 g/mol. The van der Waals surface area contributed by atoms with Crippen LogP contribution in [0.4, 0.5) is 0 Å². The predicted octanol–water partition coefficient (Wildman–Crippen LogP) is -0.199. The first kappa shape index (κ1) is 6.01. The summed E-state index contributed by atoms with van der Waals surface area (Å²) in [5.74, 6) is 0. The first-order chi connectivity index (χ1) is 3.93. The molecule has 8 heavy (non-hydrogen) atoms. The van der Waals surface area contributed by atoms with E-state index in [1.807, 2.05) is 12.0 Å². The van der Waals surface area contributed by atoms with Crippen LogP contribution in [0.5, 0.6) is 0 Å². The second kappa shape index (κ2) is 3.02. The number of hydrogen-bond donors (Lipinski definition) is 1. The largest absolute Gasteiger partial charge is 0.301 e. The van der Waals surface area contributed by atoms with Crippen molar-refractivity contribution in [3.05, 3.63) is 0 Å². The Balaban J connectivity index is 2.06. The van der Waals surface area contributed by atoms with Crippen LogP contribution in [-0.2, 0) is 4.84 Å². The molecule has 0 spiro atoms. The molecule has 0 aromatic heterocycles. The van der Waals surface area contributed by atoms with Gasteiger partial charge in [-0.2, -0.15) is 5.06 Å². The third-order valence-electron chi connectivity index (χ3n) is 1.14. The molecule has 3 nitrogen and oxygen atoms in total. The highest BCUT2D eigenvalue weighted by Crippen LogP contribution is 1.91. The van der Waals surface area contributed by atoms with Gasteiger partial charge in [-0.05, 0) is 6.92 Å². The molecule has 3 heteroatoms. The Labute approximate surface area is 49.6 Å². The van der Waals surface area contributed by atoms with Crippen LogP contribution < -0.4 is 5.32 Å². The van der Waals surface area contributed by atoms with E-state index in [0.717, 1.165) is 26.4 Å². The number of hydroxylamine groups is 2. The van der Waals surface area contributed by atoms with Crippen molar-refractivity contribution in [1.82, 2.24) is 10.4 Å². The highest BCUT2D eigenvalue weighted by molar-refractivity contribution is 4.56. The molecule has 1 rings (SSSR count). The maximum absolute atomic E-state index is 5.17. The molecule has 48 valence electrons. The monoisotopic (exact) mass is 116 g/mol. The molecule has 1 fully saturated rings. The van der Waals surface area contributed by atoms with Crippen LogP contribution in [0.3, 0.4) is 0 Å². The van der Waals surface area contributed by atoms with E-state index >= 15 is 0 Å². The van der Waals surface area contributed by atoms with E-state index in [4.69, 9.17) is 4.84 Å². The van der Waals surface area contributed by atoms with Crippen LogP contribution in [0.15, 0.2) is 0 Å². The molecule has 1 heterocycles. The zero-order valence-electron chi connectivity index (χ0n) is 5.18. The van der Waals surface area contributed by atoms with Crippen LogP contribution in [-0.4, -0.2) is 31.4 Å². The molecule has 0 amide bonds. The molecule has 0 saturated carbocycles. The number of rotatable bonds is 2. The molecule has 1 N–H and O–H groups in total. The van der Waals surface area contributed by atoms with Gasteiger partial charge in [-0.1, -0.05) is 0 Å². The number of nitrogens with one attached hydrogen (secondary N) is 1. The van der Waals surface area contributed by atoms with Gasteiger partial charge in [-0.3, -0.25) is 4.84 Å². The average molecular weight is 116 g/mol. The zero-order valence-corrected chi connectivity index (χ0v) is 5.18. The van der Waals surface area contributed by atoms with E-state index in [-0.39, 0.29) is 0 Å². The summed E-state index contributed by atoms with van der Waals surface area (Å²) in [6.07, 6.45) is 0. The molecule has 0 aromatic rings. The fraction of sp³-hybridized carbons (Fsp3) is 1.00. The van der Waals surface area contributed by atoms with Gasteiger partial charge < -0.3 is 5.32 Å². The van der Waals surface area contributed by atoms with Crippen LogP contribution in [0.1, 0.15) is 6.92 Å². The Morgan fingerprint density at radius 2 is 2.62 bits per heavy atom. The third-order valence-corrected chi connectivity index (χ3v) is 1.14. The number of hydrogen-bond acceptors (Lipinski definition) is 3. The SMILES string of the molecule is CCON1CCNC1. The summed E-state index contributed by atoms with van der Waals surface area (Å²) in [6.45, 7) is 5.74. The lowest BCUT2D eigenvalue weighted by atomic mass is 10.7. The van der Waals surface area contributed by atoms with E-state index in [1.54, 1.807) is 0 Å². The molecule has 0 aromatic carbocycles. The second-order valence-electron chi connectivity index (χ2n) is 1.78. The van der Waals surface area contributed by atoms with Crippen molar-refractivity contribution in [2.24, 2.45) is 0 Å². The fourth-order valence-corrected chi connectivity index (χ4v) is 0.779. The maximum Gasteiger partial charge on any atom is 0.0732 e. The minimum Gasteiger partial charge on any atom is -0.301 e. The van der Waals surface area contributed by atoms with Crippen molar-refractivity contribution in [2.45, 2.75) is 6.92 Å². The van der Waals surface area contributed by atoms with Crippen LogP contribution in [0.2, 0.25) is 0 Å². The van der Waals surface area contributed by atoms with Crippen molar-refractivity contribution in [3.8, 4) is 0 Å². The summed E-state index contributed by atoms with van der Waals surface area (Å²) in [5.41, 5.74) is 0. The summed E-state index contributed by atoms with van der Waals surface area (Å²) in [6, 6.07) is 0. The minimum absolute atomic E-state index is 0.779. The van der Waals surface area contributed by atoms with Gasteiger partial charge in [0.2, 0.25) is 0 Å². The first-order valence-corrected chi connectivity index (χ1v) is 3.02. The molecular formula is C5H12N2O. The van der Waals surface area contributed by atoms with E-state index in [0.29, 0.717) is 0 Å². The summed E-state index contributed by atoms with van der Waals surface area (Å²) in [7, 11) is 0. The summed E-state index contributed by atoms with van der Waals surface area (Å²) < 4.78 is 0. The normalized spacial score (nSPS) is 22.1. The van der Waals surface area contributed by atoms with E-state index in [2.05, 4.69) is 5.32 Å². The van der Waals surface area contributed by atoms with Gasteiger partial charge >= 0.3 is 0 Å². The van der Waals surface area contributed by atoms with Crippen LogP contribution in [0.25, 0.3) is 0 Å². The molecule has 0 bridgehead atoms. The van der Waals surface area contributed by atoms with Gasteiger partial charge in [-0.15, -0.1) is 0 Å². The van der Waals surface area contributed by atoms with Gasteiger partial charge in [0.05, 0.1) is 13.3 Å². The Bertz CT molecular complexity index is 61.4. The summed E-state index contributed by atoms with van der Waals surface area (Å²) >= 11 is 0. The van der Waals surface area contributed by atoms with Crippen molar-refractivity contribution in [2.75, 3.05) is 26.4 Å². The minimum atomic E-state index is 0.779. The zero-order chi connectivity index (χ0) is 5.82. The molecule has 1 aliphatic rings. The molecule has 1 saturated heterocycles. The van der Waals surface area contributed by atoms with E-state index in [1.165, 1.54) is 0 Å². The lowest BCUT2D eigenvalue weighted by molar-refractivity contribution is -0.138. The van der Waals surface area contributed by atoms with Gasteiger partial charge in [0.25, 0.3) is 0 Å². The quantitative estimate of drug-likeness (QED) is 0.540. The van der Waals surface area contributed by atoms with Gasteiger partial charge in [0, 0.05) is 13.1 Å². The van der Waals surface area contributed by atoms with Gasteiger partial charge in [-0.25, -0.2) is 0 Å². The Morgan fingerprint density at radius 1 is 1.75 bits per heavy atom. The topological polar surface area (TPSA) is 24.5 Å². The Kier molecular flexibility index (Phi) is 2.27. The first-order valence-electron chi connectivity index (χ1n) is 3.02. The molecule has 1 aliphatic heterocycles. The summed E-state index contributed by atoms with van der Waals surface area (Å²) in [4.78, 5) is 5.17. The lowest BCUT2D eigenvalue weighted by Crippen LogP contribution is -2.21. The standard InChI is InChI=1S/C5H12N2O/c1-2-8-7-4-3-6-5-7/h6H,2-5H2,1H3. The molecule has 0 unspecified atom stereocenters. The van der Waals surface area contributed by atoms with Crippen LogP contribution in [0, 0.1) is 0 Å². The Morgan fingerprint density at radius 3 is 3.12 bits per heavy atom. The van der Waals surface area contributed by atoms with E-state index in [9.17, 15) is 0 Å². The number of nitrogens with zero attached hydrogens (tertiary/aromatic N) is 1. The van der Waals surface area contributed by atoms with Crippen molar-refractivity contribution < 1.29 is 4.84 Å². The van der Waals surface area contributed by atoms with Gasteiger partial charge in [0.15, 0.2) is 0 Å². The lowest BCUT2D eigenvalue weighted by Gasteiger charge is -2.10. The van der Waals surface area contributed by atoms with Gasteiger partial charge in [0.1, 0.15) is 0 Å². The maximum atomic E-state index is 5.17. The highest BCUT2D eigenvalue weighted by atomic mass is 16.7. The molecule has 0 radical (unpaired) electrons. The molecule has 0 aliphatic carbocycles. The average Bonchev–Trinajstić information content (AvgIpc) is 2.19.